The molecule has 0 unspecified atom stereocenters. The van der Waals surface area contributed by atoms with Crippen LogP contribution in [0.25, 0.3) is 5.69 Å². The van der Waals surface area contributed by atoms with Gasteiger partial charge in [-0.25, -0.2) is 9.48 Å². The number of para-hydroxylation sites is 1. The molecule has 2 aromatic carbocycles. The number of hydrogen-bond donors (Lipinski definition) is 2. The molecule has 3 amide bonds. The number of carbonyl (C=O) groups excluding carboxylic acids is 2. The zero-order chi connectivity index (χ0) is 26.5. The Labute approximate surface area is 225 Å². The Hall–Kier alpha value is -2.78. The number of nitrogens with one attached hydrogen (secondary N) is 2. The topological polar surface area (TPSA) is 88.5 Å². The Kier molecular flexibility index (Phi) is 9.24. The minimum absolute atomic E-state index is 0.172. The van der Waals surface area contributed by atoms with Gasteiger partial charge >= 0.3 is 6.03 Å². The van der Waals surface area contributed by atoms with Crippen LogP contribution < -0.4 is 10.6 Å². The Morgan fingerprint density at radius 1 is 1.03 bits per heavy atom. The maximum atomic E-state index is 13.1. The third kappa shape index (κ3) is 6.91. The minimum Gasteiger partial charge on any atom is -0.383 e. The molecule has 0 saturated carbocycles. The number of hydrogen-bond acceptors (Lipinski definition) is 4. The molecule has 8 nitrogen and oxygen atoms in total. The highest BCUT2D eigenvalue weighted by Gasteiger charge is 2.24. The van der Waals surface area contributed by atoms with Gasteiger partial charge in [0.2, 0.25) is 5.91 Å². The predicted molar refractivity (Wildman–Crippen MR) is 145 cm³/mol. The van der Waals surface area contributed by atoms with Gasteiger partial charge in [0.05, 0.1) is 38.7 Å². The molecule has 192 valence electrons. The quantitative estimate of drug-likeness (QED) is 0.346. The lowest BCUT2D eigenvalue weighted by Gasteiger charge is -2.23. The zero-order valence-electron chi connectivity index (χ0n) is 20.4. The van der Waals surface area contributed by atoms with Crippen molar-refractivity contribution < 1.29 is 14.3 Å². The van der Waals surface area contributed by atoms with E-state index in [1.54, 1.807) is 35.0 Å². The van der Waals surface area contributed by atoms with E-state index in [9.17, 15) is 9.59 Å². The van der Waals surface area contributed by atoms with Gasteiger partial charge in [-0.05, 0) is 24.3 Å². The van der Waals surface area contributed by atoms with Crippen LogP contribution in [0, 0.1) is 0 Å². The number of benzene rings is 2. The van der Waals surface area contributed by atoms with Crippen molar-refractivity contribution in [3.05, 3.63) is 69.3 Å². The first-order valence-corrected chi connectivity index (χ1v) is 12.3. The largest absolute Gasteiger partial charge is 0.383 e. The van der Waals surface area contributed by atoms with Crippen LogP contribution in [0.5, 0.6) is 0 Å². The molecule has 0 saturated heterocycles. The lowest BCUT2D eigenvalue weighted by Crippen LogP contribution is -2.42. The van der Waals surface area contributed by atoms with Crippen LogP contribution in [0.4, 0.5) is 16.3 Å². The van der Waals surface area contributed by atoms with E-state index in [1.165, 1.54) is 12.0 Å². The summed E-state index contributed by atoms with van der Waals surface area (Å²) >= 11 is 18.7. The van der Waals surface area contributed by atoms with Gasteiger partial charge in [0.1, 0.15) is 12.4 Å². The van der Waals surface area contributed by atoms with Crippen LogP contribution >= 0.6 is 34.8 Å². The van der Waals surface area contributed by atoms with E-state index in [0.29, 0.717) is 27.2 Å². The number of anilines is 2. The fraction of sp³-hybridized carbons (Fsp3) is 0.320. The molecule has 3 aromatic rings. The van der Waals surface area contributed by atoms with E-state index >= 15 is 0 Å². The lowest BCUT2D eigenvalue weighted by molar-refractivity contribution is -0.116. The second-order valence-corrected chi connectivity index (χ2v) is 10.2. The number of aromatic nitrogens is 2. The van der Waals surface area contributed by atoms with Crippen LogP contribution in [0.1, 0.15) is 26.5 Å². The maximum absolute atomic E-state index is 13.1. The summed E-state index contributed by atoms with van der Waals surface area (Å²) in [6.45, 7) is 6.23. The monoisotopic (exact) mass is 551 g/mol. The summed E-state index contributed by atoms with van der Waals surface area (Å²) in [7, 11) is 1.51. The molecule has 0 bridgehead atoms. The van der Waals surface area contributed by atoms with E-state index in [1.807, 2.05) is 39.0 Å². The van der Waals surface area contributed by atoms with E-state index in [2.05, 4.69) is 15.7 Å². The van der Waals surface area contributed by atoms with Crippen molar-refractivity contribution in [2.24, 2.45) is 0 Å². The second kappa shape index (κ2) is 12.0. The molecule has 0 spiro atoms. The molecule has 1 heterocycles. The van der Waals surface area contributed by atoms with Crippen molar-refractivity contribution in [2.75, 3.05) is 37.4 Å². The molecule has 36 heavy (non-hydrogen) atoms. The summed E-state index contributed by atoms with van der Waals surface area (Å²) < 4.78 is 6.71. The number of methoxy groups -OCH3 is 1. The van der Waals surface area contributed by atoms with Crippen LogP contribution in [0.15, 0.2) is 48.5 Å². The first-order chi connectivity index (χ1) is 17.0. The molecule has 2 N–H and O–H groups in total. The van der Waals surface area contributed by atoms with Crippen LogP contribution in [-0.4, -0.2) is 53.4 Å². The summed E-state index contributed by atoms with van der Waals surface area (Å²) in [6, 6.07) is 13.4. The zero-order valence-corrected chi connectivity index (χ0v) is 22.7. The summed E-state index contributed by atoms with van der Waals surface area (Å²) in [5.41, 5.74) is 1.45. The first-order valence-electron chi connectivity index (χ1n) is 11.2. The van der Waals surface area contributed by atoms with Gasteiger partial charge in [0.25, 0.3) is 0 Å². The van der Waals surface area contributed by atoms with Gasteiger partial charge in [0, 0.05) is 25.1 Å². The highest BCUT2D eigenvalue weighted by atomic mass is 35.5. The number of nitrogens with zero attached hydrogens (tertiary/aromatic N) is 3. The van der Waals surface area contributed by atoms with E-state index in [4.69, 9.17) is 39.5 Å². The molecule has 11 heteroatoms. The third-order valence-corrected chi connectivity index (χ3v) is 6.34. The first kappa shape index (κ1) is 27.8. The highest BCUT2D eigenvalue weighted by Crippen LogP contribution is 2.30. The van der Waals surface area contributed by atoms with Gasteiger partial charge < -0.3 is 20.3 Å². The Bertz CT molecular complexity index is 1240. The number of amides is 3. The lowest BCUT2D eigenvalue weighted by atomic mass is 9.92. The van der Waals surface area contributed by atoms with Crippen LogP contribution in [0.3, 0.4) is 0 Å². The molecular formula is C25H28Cl3N5O3. The molecule has 1 aromatic heterocycles. The maximum Gasteiger partial charge on any atom is 0.322 e. The van der Waals surface area contributed by atoms with E-state index in [-0.39, 0.29) is 30.1 Å². The number of urea groups is 1. The second-order valence-electron chi connectivity index (χ2n) is 9.02. The standard InChI is InChI=1S/C25H28Cl3N5O3/c1-25(2,3)20-14-21(33(31-20)19-11-6-5-8-16(19)26)30-22(34)15-32(12-13-36-4)24(35)29-18-10-7-9-17(27)23(18)28/h5-11,14H,12-13,15H2,1-4H3,(H,29,35)(H,30,34). The molecular weight excluding hydrogens is 525 g/mol. The molecule has 0 aliphatic heterocycles. The average Bonchev–Trinajstić information content (AvgIpc) is 3.23. The van der Waals surface area contributed by atoms with Crippen LogP contribution in [-0.2, 0) is 14.9 Å². The summed E-state index contributed by atoms with van der Waals surface area (Å²) in [4.78, 5) is 27.4. The predicted octanol–water partition coefficient (Wildman–Crippen LogP) is 6.25. The number of ether oxygens (including phenoxy) is 1. The van der Waals surface area contributed by atoms with E-state index in [0.717, 1.165) is 5.69 Å². The van der Waals surface area contributed by atoms with Crippen LogP contribution in [0.2, 0.25) is 15.1 Å². The fourth-order valence-electron chi connectivity index (χ4n) is 3.25. The van der Waals surface area contributed by atoms with Gasteiger partial charge in [-0.15, -0.1) is 0 Å². The van der Waals surface area contributed by atoms with Crippen molar-refractivity contribution in [1.82, 2.24) is 14.7 Å². The molecule has 0 radical (unpaired) electrons. The molecule has 0 aliphatic rings. The summed E-state index contributed by atoms with van der Waals surface area (Å²) in [6.07, 6.45) is 0. The Balaban J connectivity index is 1.83. The van der Waals surface area contributed by atoms with Crippen molar-refractivity contribution in [3.8, 4) is 5.69 Å². The third-order valence-electron chi connectivity index (χ3n) is 5.21. The number of halogens is 3. The van der Waals surface area contributed by atoms with Gasteiger partial charge in [-0.1, -0.05) is 73.8 Å². The molecule has 0 aliphatic carbocycles. The van der Waals surface area contributed by atoms with Gasteiger partial charge in [0.15, 0.2) is 0 Å². The van der Waals surface area contributed by atoms with Crippen molar-refractivity contribution in [3.63, 3.8) is 0 Å². The summed E-state index contributed by atoms with van der Waals surface area (Å²) in [5, 5.41) is 11.2. The number of rotatable bonds is 8. The minimum atomic E-state index is -0.527. The van der Waals surface area contributed by atoms with Crippen molar-refractivity contribution in [1.29, 1.82) is 0 Å². The Morgan fingerprint density at radius 2 is 1.72 bits per heavy atom. The van der Waals surface area contributed by atoms with Gasteiger partial charge in [-0.2, -0.15) is 5.10 Å². The van der Waals surface area contributed by atoms with Crippen molar-refractivity contribution in [2.45, 2.75) is 26.2 Å². The average molecular weight is 553 g/mol. The summed E-state index contributed by atoms with van der Waals surface area (Å²) in [5.74, 6) is 0.00937. The highest BCUT2D eigenvalue weighted by molar-refractivity contribution is 6.44. The fourth-order valence-corrected chi connectivity index (χ4v) is 3.81. The molecule has 0 atom stereocenters. The van der Waals surface area contributed by atoms with Gasteiger partial charge in [-0.3, -0.25) is 4.79 Å². The SMILES string of the molecule is COCCN(CC(=O)Nc1cc(C(C)(C)C)nn1-c1ccccc1Cl)C(=O)Nc1cccc(Cl)c1Cl. The van der Waals surface area contributed by atoms with Crippen molar-refractivity contribution >= 4 is 58.2 Å². The normalized spacial score (nSPS) is 11.3. The number of carbonyl (C=O) groups is 2. The smallest absolute Gasteiger partial charge is 0.322 e. The molecule has 0 fully saturated rings. The Morgan fingerprint density at radius 3 is 2.39 bits per heavy atom. The van der Waals surface area contributed by atoms with E-state index < -0.39 is 11.9 Å². The molecule has 3 rings (SSSR count).